The van der Waals surface area contributed by atoms with Gasteiger partial charge in [0, 0.05) is 12.7 Å². The Labute approximate surface area is 102 Å². The summed E-state index contributed by atoms with van der Waals surface area (Å²) in [5.41, 5.74) is 0.125. The molecule has 1 amide bonds. The Morgan fingerprint density at radius 1 is 1.59 bits per heavy atom. The second-order valence-corrected chi connectivity index (χ2v) is 5.40. The Balaban J connectivity index is 2.29. The van der Waals surface area contributed by atoms with Gasteiger partial charge in [-0.3, -0.25) is 9.69 Å². The fraction of sp³-hybridized carbons (Fsp3) is 0.667. The molecule has 2 heterocycles. The van der Waals surface area contributed by atoms with Gasteiger partial charge in [-0.2, -0.15) is 0 Å². The molecule has 0 radical (unpaired) electrons. The topological polar surface area (TPSA) is 61.0 Å². The number of aromatic nitrogens is 2. The zero-order chi connectivity index (χ0) is 12.5. The summed E-state index contributed by atoms with van der Waals surface area (Å²) >= 11 is 0. The van der Waals surface area contributed by atoms with Crippen LogP contribution in [0, 0.1) is 5.41 Å². The number of H-pyrrole nitrogens is 1. The molecule has 1 atom stereocenters. The van der Waals surface area contributed by atoms with Crippen molar-refractivity contribution in [2.24, 2.45) is 5.41 Å². The molecule has 5 heteroatoms. The molecule has 1 aliphatic rings. The minimum Gasteiger partial charge on any atom is -0.349 e. The molecule has 94 valence electrons. The number of nitrogens with zero attached hydrogens (tertiary/aromatic N) is 2. The molecule has 0 aromatic carbocycles. The van der Waals surface area contributed by atoms with Gasteiger partial charge in [-0.05, 0) is 25.3 Å². The number of nitrogens with one attached hydrogen (secondary N) is 2. The van der Waals surface area contributed by atoms with Crippen LogP contribution in [0.4, 0.5) is 5.82 Å². The van der Waals surface area contributed by atoms with Crippen LogP contribution in [-0.4, -0.2) is 35.5 Å². The summed E-state index contributed by atoms with van der Waals surface area (Å²) in [6, 6.07) is -0.103. The number of anilines is 1. The highest BCUT2D eigenvalue weighted by molar-refractivity contribution is 5.96. The fourth-order valence-corrected chi connectivity index (χ4v) is 2.29. The molecule has 5 nitrogen and oxygen atoms in total. The SMILES string of the molecule is CNC1CCC(C)(C)CN(c2c[nH]cn2)C1=O. The van der Waals surface area contributed by atoms with Crippen LogP contribution in [0.5, 0.6) is 0 Å². The number of likely N-dealkylation sites (N-methyl/N-ethyl adjacent to an activating group) is 1. The lowest BCUT2D eigenvalue weighted by Crippen LogP contribution is -2.45. The van der Waals surface area contributed by atoms with Gasteiger partial charge in [0.25, 0.3) is 0 Å². The summed E-state index contributed by atoms with van der Waals surface area (Å²) in [6.45, 7) is 5.10. The summed E-state index contributed by atoms with van der Waals surface area (Å²) in [5.74, 6) is 0.829. The molecular formula is C12H20N4O. The molecule has 0 aliphatic carbocycles. The smallest absolute Gasteiger partial charge is 0.245 e. The normalized spacial score (nSPS) is 24.8. The van der Waals surface area contributed by atoms with E-state index < -0.39 is 0 Å². The largest absolute Gasteiger partial charge is 0.349 e. The van der Waals surface area contributed by atoms with Gasteiger partial charge in [0.2, 0.25) is 5.91 Å². The third-order valence-electron chi connectivity index (χ3n) is 3.37. The predicted molar refractivity (Wildman–Crippen MR) is 66.8 cm³/mol. The molecule has 0 saturated carbocycles. The fourth-order valence-electron chi connectivity index (χ4n) is 2.29. The van der Waals surface area contributed by atoms with E-state index in [1.54, 1.807) is 17.4 Å². The van der Waals surface area contributed by atoms with Crippen molar-refractivity contribution in [1.82, 2.24) is 15.3 Å². The van der Waals surface area contributed by atoms with Crippen LogP contribution in [0.15, 0.2) is 12.5 Å². The molecule has 2 N–H and O–H groups in total. The third kappa shape index (κ3) is 2.49. The third-order valence-corrected chi connectivity index (χ3v) is 3.37. The van der Waals surface area contributed by atoms with Gasteiger partial charge in [-0.25, -0.2) is 4.98 Å². The number of rotatable bonds is 2. The zero-order valence-corrected chi connectivity index (χ0v) is 10.7. The van der Waals surface area contributed by atoms with E-state index in [-0.39, 0.29) is 17.4 Å². The van der Waals surface area contributed by atoms with Crippen molar-refractivity contribution in [1.29, 1.82) is 0 Å². The van der Waals surface area contributed by atoms with Crippen molar-refractivity contribution >= 4 is 11.7 Å². The first-order valence-corrected chi connectivity index (χ1v) is 6.01. The standard InChI is InChI=1S/C12H20N4O/c1-12(2)5-4-9(13-3)11(17)16(7-12)10-6-14-8-15-10/h6,8-9,13H,4-5,7H2,1-3H3,(H,14,15). The Hall–Kier alpha value is -1.36. The highest BCUT2D eigenvalue weighted by atomic mass is 16.2. The summed E-state index contributed by atoms with van der Waals surface area (Å²) < 4.78 is 0. The van der Waals surface area contributed by atoms with Crippen molar-refractivity contribution in [3.05, 3.63) is 12.5 Å². The highest BCUT2D eigenvalue weighted by Gasteiger charge is 2.35. The highest BCUT2D eigenvalue weighted by Crippen LogP contribution is 2.30. The van der Waals surface area contributed by atoms with Crippen LogP contribution in [0.2, 0.25) is 0 Å². The molecule has 1 aliphatic heterocycles. The quantitative estimate of drug-likeness (QED) is 0.809. The predicted octanol–water partition coefficient (Wildman–Crippen LogP) is 1.15. The summed E-state index contributed by atoms with van der Waals surface area (Å²) in [7, 11) is 1.84. The molecule has 1 aromatic heterocycles. The van der Waals surface area contributed by atoms with Crippen LogP contribution in [-0.2, 0) is 4.79 Å². The molecule has 2 rings (SSSR count). The molecule has 1 unspecified atom stereocenters. The van der Waals surface area contributed by atoms with Crippen molar-refractivity contribution in [2.45, 2.75) is 32.7 Å². The second-order valence-electron chi connectivity index (χ2n) is 5.40. The van der Waals surface area contributed by atoms with E-state index in [1.807, 2.05) is 7.05 Å². The van der Waals surface area contributed by atoms with Crippen LogP contribution in [0.3, 0.4) is 0 Å². The number of imidazole rings is 1. The van der Waals surface area contributed by atoms with Gasteiger partial charge in [-0.1, -0.05) is 13.8 Å². The maximum Gasteiger partial charge on any atom is 0.245 e. The Morgan fingerprint density at radius 3 is 2.94 bits per heavy atom. The Morgan fingerprint density at radius 2 is 2.35 bits per heavy atom. The number of hydrogen-bond donors (Lipinski definition) is 2. The number of carbonyl (C=O) groups excluding carboxylic acids is 1. The van der Waals surface area contributed by atoms with Crippen molar-refractivity contribution in [3.8, 4) is 0 Å². The van der Waals surface area contributed by atoms with Crippen LogP contribution in [0.1, 0.15) is 26.7 Å². The summed E-state index contributed by atoms with van der Waals surface area (Å²) in [5, 5.41) is 3.09. The number of aromatic amines is 1. The number of carbonyl (C=O) groups is 1. The van der Waals surface area contributed by atoms with Gasteiger partial charge in [-0.15, -0.1) is 0 Å². The van der Waals surface area contributed by atoms with E-state index in [1.165, 1.54) is 0 Å². The average molecular weight is 236 g/mol. The lowest BCUT2D eigenvalue weighted by molar-refractivity contribution is -0.120. The van der Waals surface area contributed by atoms with E-state index >= 15 is 0 Å². The van der Waals surface area contributed by atoms with Crippen molar-refractivity contribution in [2.75, 3.05) is 18.5 Å². The molecule has 0 bridgehead atoms. The van der Waals surface area contributed by atoms with E-state index in [2.05, 4.69) is 29.1 Å². The van der Waals surface area contributed by atoms with Crippen LogP contribution in [0.25, 0.3) is 0 Å². The van der Waals surface area contributed by atoms with Gasteiger partial charge < -0.3 is 10.3 Å². The first-order valence-electron chi connectivity index (χ1n) is 6.01. The van der Waals surface area contributed by atoms with Gasteiger partial charge >= 0.3 is 0 Å². The lowest BCUT2D eigenvalue weighted by atomic mass is 9.87. The molecule has 1 fully saturated rings. The monoisotopic (exact) mass is 236 g/mol. The Bertz CT molecular complexity index is 385. The minimum absolute atomic E-state index is 0.103. The zero-order valence-electron chi connectivity index (χ0n) is 10.7. The summed E-state index contributed by atoms with van der Waals surface area (Å²) in [6.07, 6.45) is 5.29. The maximum atomic E-state index is 12.4. The second kappa shape index (κ2) is 4.49. The van der Waals surface area contributed by atoms with Crippen molar-refractivity contribution in [3.63, 3.8) is 0 Å². The van der Waals surface area contributed by atoms with Crippen molar-refractivity contribution < 1.29 is 4.79 Å². The summed E-state index contributed by atoms with van der Waals surface area (Å²) in [4.78, 5) is 21.2. The average Bonchev–Trinajstić information content (AvgIpc) is 2.76. The molecule has 1 saturated heterocycles. The molecule has 17 heavy (non-hydrogen) atoms. The van der Waals surface area contributed by atoms with Gasteiger partial charge in [0.05, 0.1) is 12.4 Å². The van der Waals surface area contributed by atoms with Crippen LogP contribution >= 0.6 is 0 Å². The number of hydrogen-bond acceptors (Lipinski definition) is 3. The minimum atomic E-state index is -0.103. The lowest BCUT2D eigenvalue weighted by Gasteiger charge is -2.28. The molecule has 0 spiro atoms. The maximum absolute atomic E-state index is 12.4. The van der Waals surface area contributed by atoms with E-state index in [9.17, 15) is 4.79 Å². The Kier molecular flexibility index (Phi) is 3.19. The van der Waals surface area contributed by atoms with Gasteiger partial charge in [0.15, 0.2) is 5.82 Å². The first-order chi connectivity index (χ1) is 8.03. The van der Waals surface area contributed by atoms with Gasteiger partial charge in [0.1, 0.15) is 0 Å². The molecule has 1 aromatic rings. The van der Waals surface area contributed by atoms with Crippen LogP contribution < -0.4 is 10.2 Å². The van der Waals surface area contributed by atoms with E-state index in [4.69, 9.17) is 0 Å². The number of amides is 1. The molecular weight excluding hydrogens is 216 g/mol. The first kappa shape index (κ1) is 12.1. The van der Waals surface area contributed by atoms with E-state index in [0.29, 0.717) is 5.82 Å². The van der Waals surface area contributed by atoms with E-state index in [0.717, 1.165) is 19.4 Å².